The number of carbonyl (C=O) groups excluding carboxylic acids is 3. The Morgan fingerprint density at radius 1 is 0.889 bits per heavy atom. The van der Waals surface area contributed by atoms with Crippen LogP contribution in [-0.2, 0) is 38.1 Å². The first-order valence-corrected chi connectivity index (χ1v) is 11.8. The Morgan fingerprint density at radius 2 is 1.44 bits per heavy atom. The van der Waals surface area contributed by atoms with E-state index in [4.69, 9.17) is 18.9 Å². The molecule has 2 atom stereocenters. The van der Waals surface area contributed by atoms with E-state index in [9.17, 15) is 36.3 Å². The molecule has 1 saturated heterocycles. The summed E-state index contributed by atoms with van der Waals surface area (Å²) in [5.74, 6) is -8.33. The summed E-state index contributed by atoms with van der Waals surface area (Å²) < 4.78 is 91.3. The lowest BCUT2D eigenvalue weighted by Gasteiger charge is -2.64. The minimum atomic E-state index is -5.19. The van der Waals surface area contributed by atoms with E-state index in [1.165, 1.54) is 0 Å². The maximum absolute atomic E-state index is 13.3. The lowest BCUT2D eigenvalue weighted by molar-refractivity contribution is -0.391. The molecule has 2 unspecified atom stereocenters. The first kappa shape index (κ1) is 27.0. The van der Waals surface area contributed by atoms with Crippen molar-refractivity contribution in [1.29, 1.82) is 0 Å². The molecule has 1 heterocycles. The fraction of sp³-hybridized carbons (Fsp3) is 0.870. The number of hydrogen-bond acceptors (Lipinski definition) is 8. The Hall–Kier alpha value is -2.02. The van der Waals surface area contributed by atoms with Gasteiger partial charge < -0.3 is 23.7 Å². The van der Waals surface area contributed by atoms with Crippen molar-refractivity contribution in [3.05, 3.63) is 0 Å². The molecule has 5 fully saturated rings. The highest BCUT2D eigenvalue weighted by Crippen LogP contribution is 2.66. The molecule has 36 heavy (non-hydrogen) atoms. The highest BCUT2D eigenvalue weighted by Gasteiger charge is 2.68. The van der Waals surface area contributed by atoms with E-state index in [-0.39, 0.29) is 37.6 Å². The molecule has 5 aliphatic rings. The van der Waals surface area contributed by atoms with Gasteiger partial charge in [-0.2, -0.15) is 13.2 Å². The Balaban J connectivity index is 1.47. The van der Waals surface area contributed by atoms with Crippen molar-refractivity contribution in [2.45, 2.75) is 63.8 Å². The summed E-state index contributed by atoms with van der Waals surface area (Å²) in [6.45, 7) is -0.734. The van der Waals surface area contributed by atoms with Crippen molar-refractivity contribution < 1.29 is 60.0 Å². The average Bonchev–Trinajstić information content (AvgIpc) is 2.77. The van der Waals surface area contributed by atoms with Gasteiger partial charge in [0, 0.05) is 25.7 Å². The molecule has 1 spiro atoms. The van der Waals surface area contributed by atoms with Crippen LogP contribution in [0.15, 0.2) is 0 Å². The topological polar surface area (TPSA) is 97.4 Å². The zero-order valence-electron chi connectivity index (χ0n) is 20.0. The highest BCUT2D eigenvalue weighted by molar-refractivity contribution is 5.78. The average molecular weight is 528 g/mol. The third-order valence-corrected chi connectivity index (χ3v) is 7.75. The number of ether oxygens (including phenoxy) is 5. The second-order valence-corrected chi connectivity index (χ2v) is 10.9. The van der Waals surface area contributed by atoms with Crippen molar-refractivity contribution in [2.24, 2.45) is 28.6 Å². The van der Waals surface area contributed by atoms with Crippen LogP contribution in [0.3, 0.4) is 0 Å². The van der Waals surface area contributed by atoms with Gasteiger partial charge in [0.15, 0.2) is 12.4 Å². The molecule has 5 rings (SSSR count). The van der Waals surface area contributed by atoms with Gasteiger partial charge in [-0.3, -0.25) is 9.59 Å². The molecule has 0 aromatic carbocycles. The van der Waals surface area contributed by atoms with Crippen molar-refractivity contribution in [1.82, 2.24) is 0 Å². The van der Waals surface area contributed by atoms with Gasteiger partial charge in [0.25, 0.3) is 5.92 Å². The largest absolute Gasteiger partial charge is 0.490 e. The Labute approximate surface area is 204 Å². The Morgan fingerprint density at radius 3 is 1.94 bits per heavy atom. The molecule has 8 nitrogen and oxygen atoms in total. The summed E-state index contributed by atoms with van der Waals surface area (Å²) in [6.07, 6.45) is -2.67. The van der Waals surface area contributed by atoms with Crippen LogP contribution in [-0.4, -0.2) is 68.8 Å². The maximum Gasteiger partial charge on any atom is 0.490 e. The molecule has 1 aliphatic heterocycles. The minimum Gasteiger partial charge on any atom is -0.465 e. The second-order valence-electron chi connectivity index (χ2n) is 10.9. The number of rotatable bonds is 7. The quantitative estimate of drug-likeness (QED) is 0.282. The second kappa shape index (κ2) is 9.07. The van der Waals surface area contributed by atoms with E-state index in [0.29, 0.717) is 39.0 Å². The third-order valence-electron chi connectivity index (χ3n) is 7.75. The van der Waals surface area contributed by atoms with Crippen molar-refractivity contribution in [3.63, 3.8) is 0 Å². The predicted octanol–water partition coefficient (Wildman–Crippen LogP) is 3.41. The number of hydrogen-bond donors (Lipinski definition) is 0. The van der Waals surface area contributed by atoms with E-state index in [2.05, 4.69) is 4.74 Å². The van der Waals surface area contributed by atoms with Crippen molar-refractivity contribution in [3.8, 4) is 0 Å². The molecular formula is C23H29F5O8. The van der Waals surface area contributed by atoms with E-state index < -0.39 is 59.8 Å². The van der Waals surface area contributed by atoms with E-state index in [1.54, 1.807) is 0 Å². The summed E-state index contributed by atoms with van der Waals surface area (Å²) in [4.78, 5) is 35.5. The van der Waals surface area contributed by atoms with Gasteiger partial charge >= 0.3 is 24.1 Å². The summed E-state index contributed by atoms with van der Waals surface area (Å²) >= 11 is 0. The van der Waals surface area contributed by atoms with Crippen LogP contribution in [0.5, 0.6) is 0 Å². The van der Waals surface area contributed by atoms with E-state index >= 15 is 0 Å². The van der Waals surface area contributed by atoms with Crippen LogP contribution in [0.4, 0.5) is 22.0 Å². The summed E-state index contributed by atoms with van der Waals surface area (Å²) in [7, 11) is 0. The zero-order chi connectivity index (χ0) is 26.6. The fourth-order valence-corrected chi connectivity index (χ4v) is 6.37. The van der Waals surface area contributed by atoms with Gasteiger partial charge in [-0.25, -0.2) is 13.6 Å². The van der Waals surface area contributed by atoms with E-state index in [1.807, 2.05) is 0 Å². The molecule has 0 radical (unpaired) electrons. The normalized spacial score (nSPS) is 37.6. The summed E-state index contributed by atoms with van der Waals surface area (Å²) in [5.41, 5.74) is -2.26. The molecule has 204 valence electrons. The van der Waals surface area contributed by atoms with Gasteiger partial charge in [0.1, 0.15) is 13.2 Å². The molecule has 4 saturated carbocycles. The number of carbonyl (C=O) groups is 3. The summed E-state index contributed by atoms with van der Waals surface area (Å²) in [5, 5.41) is 0. The SMILES string of the molecule is CC(=O)OCC1(COC(=O)C(F)(F)F)COC2(OC1)C1CC3CC2CC(C(=O)OCC(C)(F)F)(C3)C1. The van der Waals surface area contributed by atoms with Crippen molar-refractivity contribution in [2.75, 3.05) is 33.0 Å². The zero-order valence-corrected chi connectivity index (χ0v) is 20.0. The molecular weight excluding hydrogens is 499 g/mol. The molecule has 0 aromatic rings. The molecule has 4 aliphatic carbocycles. The molecule has 13 heteroatoms. The fourth-order valence-electron chi connectivity index (χ4n) is 6.37. The molecule has 0 N–H and O–H groups in total. The molecule has 0 aromatic heterocycles. The van der Waals surface area contributed by atoms with Crippen LogP contribution in [0.1, 0.15) is 46.0 Å². The number of esters is 3. The first-order chi connectivity index (χ1) is 16.6. The summed E-state index contributed by atoms with van der Waals surface area (Å²) in [6, 6.07) is 0. The molecule has 4 bridgehead atoms. The standard InChI is InChI=1S/C23H29F5O8/c1-13(29)32-9-20(10-34-18(31)23(26,27)28)11-35-22(36-12-20)15-3-14-4-16(22)7-21(5-14,6-15)17(30)33-8-19(2,24)25/h14-16H,3-12H2,1-2H3. The van der Waals surface area contributed by atoms with Crippen molar-refractivity contribution >= 4 is 17.9 Å². The van der Waals surface area contributed by atoms with Gasteiger partial charge in [0.05, 0.1) is 24.0 Å². The smallest absolute Gasteiger partial charge is 0.465 e. The lowest BCUT2D eigenvalue weighted by Crippen LogP contribution is -2.68. The maximum atomic E-state index is 13.3. The highest BCUT2D eigenvalue weighted by atomic mass is 19.4. The molecule has 0 amide bonds. The van der Waals surface area contributed by atoms with E-state index in [0.717, 1.165) is 6.92 Å². The predicted molar refractivity (Wildman–Crippen MR) is 108 cm³/mol. The van der Waals surface area contributed by atoms with Crippen LogP contribution >= 0.6 is 0 Å². The first-order valence-electron chi connectivity index (χ1n) is 11.8. The van der Waals surface area contributed by atoms with Gasteiger partial charge in [0.2, 0.25) is 0 Å². The Bertz CT molecular complexity index is 872. The van der Waals surface area contributed by atoms with Crippen LogP contribution in [0.2, 0.25) is 0 Å². The number of alkyl halides is 5. The monoisotopic (exact) mass is 528 g/mol. The van der Waals surface area contributed by atoms with Crippen LogP contribution < -0.4 is 0 Å². The Kier molecular flexibility index (Phi) is 6.81. The van der Waals surface area contributed by atoms with Gasteiger partial charge in [-0.1, -0.05) is 0 Å². The van der Waals surface area contributed by atoms with Crippen LogP contribution in [0, 0.1) is 28.6 Å². The third kappa shape index (κ3) is 5.18. The van der Waals surface area contributed by atoms with Gasteiger partial charge in [-0.05, 0) is 38.0 Å². The minimum absolute atomic E-state index is 0.162. The van der Waals surface area contributed by atoms with Crippen LogP contribution in [0.25, 0.3) is 0 Å². The number of halogens is 5. The lowest BCUT2D eigenvalue weighted by atomic mass is 9.47. The van der Waals surface area contributed by atoms with Gasteiger partial charge in [-0.15, -0.1) is 0 Å².